The molecule has 2 atom stereocenters. The van der Waals surface area contributed by atoms with Gasteiger partial charge in [-0.05, 0) is 30.6 Å². The topological polar surface area (TPSA) is 55.1 Å². The van der Waals surface area contributed by atoms with E-state index in [1.54, 1.807) is 0 Å². The Hall–Kier alpha value is -0.570. The van der Waals surface area contributed by atoms with Gasteiger partial charge >= 0.3 is 0 Å². The number of carbonyl (C=O) groups excluding carboxylic acids is 1. The predicted molar refractivity (Wildman–Crippen MR) is 78.3 cm³/mol. The van der Waals surface area contributed by atoms with E-state index in [0.717, 1.165) is 6.42 Å². The van der Waals surface area contributed by atoms with Crippen LogP contribution in [0.1, 0.15) is 61.3 Å². The van der Waals surface area contributed by atoms with Crippen molar-refractivity contribution in [1.82, 2.24) is 5.32 Å². The molecule has 0 aliphatic carbocycles. The van der Waals surface area contributed by atoms with Crippen molar-refractivity contribution in [2.45, 2.75) is 66.8 Å². The molecule has 108 valence electrons. The van der Waals surface area contributed by atoms with Crippen LogP contribution in [0.2, 0.25) is 0 Å². The van der Waals surface area contributed by atoms with E-state index in [-0.39, 0.29) is 16.9 Å². The molecule has 1 amide bonds. The SMILES string of the molecule is CC(C)CC(C)(CN)NC(=O)CC(C)C(C)(C)C. The molecule has 0 bridgehead atoms. The van der Waals surface area contributed by atoms with E-state index in [1.165, 1.54) is 0 Å². The second-order valence-electron chi connectivity index (χ2n) is 7.38. The van der Waals surface area contributed by atoms with Crippen molar-refractivity contribution in [2.75, 3.05) is 6.54 Å². The van der Waals surface area contributed by atoms with E-state index >= 15 is 0 Å². The molecule has 0 heterocycles. The van der Waals surface area contributed by atoms with Crippen molar-refractivity contribution in [2.24, 2.45) is 23.0 Å². The van der Waals surface area contributed by atoms with Crippen LogP contribution in [0, 0.1) is 17.3 Å². The number of hydrogen-bond donors (Lipinski definition) is 2. The number of nitrogens with two attached hydrogens (primary N) is 1. The molecule has 3 nitrogen and oxygen atoms in total. The fraction of sp³-hybridized carbons (Fsp3) is 0.933. The number of nitrogens with one attached hydrogen (secondary N) is 1. The Bertz CT molecular complexity index is 268. The van der Waals surface area contributed by atoms with Gasteiger partial charge in [0.1, 0.15) is 0 Å². The van der Waals surface area contributed by atoms with Crippen LogP contribution in [0.25, 0.3) is 0 Å². The number of rotatable bonds is 6. The molecule has 0 rings (SSSR count). The third-order valence-electron chi connectivity index (χ3n) is 3.72. The lowest BCUT2D eigenvalue weighted by Gasteiger charge is -2.33. The van der Waals surface area contributed by atoms with Crippen LogP contribution in [0.5, 0.6) is 0 Å². The lowest BCUT2D eigenvalue weighted by Crippen LogP contribution is -2.52. The maximum absolute atomic E-state index is 12.1. The zero-order valence-corrected chi connectivity index (χ0v) is 13.3. The first-order chi connectivity index (χ1) is 8.00. The van der Waals surface area contributed by atoms with Gasteiger partial charge < -0.3 is 11.1 Å². The van der Waals surface area contributed by atoms with Crippen LogP contribution in [0.4, 0.5) is 0 Å². The fourth-order valence-corrected chi connectivity index (χ4v) is 2.06. The maximum atomic E-state index is 12.1. The summed E-state index contributed by atoms with van der Waals surface area (Å²) in [5.74, 6) is 1.00. The van der Waals surface area contributed by atoms with Crippen molar-refractivity contribution in [3.8, 4) is 0 Å². The zero-order chi connectivity index (χ0) is 14.6. The molecule has 3 N–H and O–H groups in total. The molecule has 0 aromatic heterocycles. The van der Waals surface area contributed by atoms with E-state index in [1.807, 2.05) is 6.92 Å². The first-order valence-corrected chi connectivity index (χ1v) is 7.01. The predicted octanol–water partition coefficient (Wildman–Crippen LogP) is 2.94. The van der Waals surface area contributed by atoms with E-state index in [2.05, 4.69) is 46.9 Å². The summed E-state index contributed by atoms with van der Waals surface area (Å²) >= 11 is 0. The van der Waals surface area contributed by atoms with E-state index in [9.17, 15) is 4.79 Å². The average Bonchev–Trinajstić information content (AvgIpc) is 2.14. The molecular weight excluding hydrogens is 224 g/mol. The van der Waals surface area contributed by atoms with Gasteiger partial charge in [-0.1, -0.05) is 41.5 Å². The third kappa shape index (κ3) is 6.39. The van der Waals surface area contributed by atoms with Crippen LogP contribution in [-0.4, -0.2) is 18.0 Å². The number of hydrogen-bond acceptors (Lipinski definition) is 2. The summed E-state index contributed by atoms with van der Waals surface area (Å²) < 4.78 is 0. The van der Waals surface area contributed by atoms with Crippen molar-refractivity contribution in [3.05, 3.63) is 0 Å². The normalized spacial score (nSPS) is 17.4. The van der Waals surface area contributed by atoms with Gasteiger partial charge in [0.15, 0.2) is 0 Å². The minimum atomic E-state index is -0.275. The monoisotopic (exact) mass is 256 g/mol. The van der Waals surface area contributed by atoms with Gasteiger partial charge in [-0.15, -0.1) is 0 Å². The summed E-state index contributed by atoms with van der Waals surface area (Å²) in [4.78, 5) is 12.1. The van der Waals surface area contributed by atoms with Crippen LogP contribution in [0.15, 0.2) is 0 Å². The Kier molecular flexibility index (Phi) is 6.35. The van der Waals surface area contributed by atoms with Crippen molar-refractivity contribution in [3.63, 3.8) is 0 Å². The zero-order valence-electron chi connectivity index (χ0n) is 13.3. The fourth-order valence-electron chi connectivity index (χ4n) is 2.06. The van der Waals surface area contributed by atoms with Crippen molar-refractivity contribution in [1.29, 1.82) is 0 Å². The molecule has 0 aromatic rings. The van der Waals surface area contributed by atoms with Gasteiger partial charge in [-0.3, -0.25) is 4.79 Å². The van der Waals surface area contributed by atoms with Gasteiger partial charge in [0.25, 0.3) is 0 Å². The summed E-state index contributed by atoms with van der Waals surface area (Å²) in [6.07, 6.45) is 1.48. The quantitative estimate of drug-likeness (QED) is 0.767. The summed E-state index contributed by atoms with van der Waals surface area (Å²) in [7, 11) is 0. The summed E-state index contributed by atoms with van der Waals surface area (Å²) in [5, 5.41) is 3.11. The molecule has 0 aromatic carbocycles. The average molecular weight is 256 g/mol. The lowest BCUT2D eigenvalue weighted by atomic mass is 9.79. The van der Waals surface area contributed by atoms with Gasteiger partial charge in [0.05, 0.1) is 0 Å². The molecular formula is C15H32N2O. The van der Waals surface area contributed by atoms with E-state index in [4.69, 9.17) is 5.73 Å². The highest BCUT2D eigenvalue weighted by Gasteiger charge is 2.28. The Balaban J connectivity index is 4.45. The number of amides is 1. The van der Waals surface area contributed by atoms with Gasteiger partial charge in [0.2, 0.25) is 5.91 Å². The summed E-state index contributed by atoms with van der Waals surface area (Å²) in [6.45, 7) is 15.5. The second kappa shape index (κ2) is 6.55. The highest BCUT2D eigenvalue weighted by Crippen LogP contribution is 2.28. The van der Waals surface area contributed by atoms with Gasteiger partial charge in [0, 0.05) is 18.5 Å². The summed E-state index contributed by atoms with van der Waals surface area (Å²) in [6, 6.07) is 0. The van der Waals surface area contributed by atoms with Crippen LogP contribution in [-0.2, 0) is 4.79 Å². The molecule has 0 aliphatic rings. The van der Waals surface area contributed by atoms with Crippen molar-refractivity contribution < 1.29 is 4.79 Å². The molecule has 0 aliphatic heterocycles. The Morgan fingerprint density at radius 2 is 1.67 bits per heavy atom. The maximum Gasteiger partial charge on any atom is 0.220 e. The first kappa shape index (κ1) is 17.4. The van der Waals surface area contributed by atoms with Crippen LogP contribution in [0.3, 0.4) is 0 Å². The third-order valence-corrected chi connectivity index (χ3v) is 3.72. The largest absolute Gasteiger partial charge is 0.350 e. The lowest BCUT2D eigenvalue weighted by molar-refractivity contribution is -0.124. The molecule has 18 heavy (non-hydrogen) atoms. The Labute approximate surface area is 113 Å². The van der Waals surface area contributed by atoms with Gasteiger partial charge in [-0.2, -0.15) is 0 Å². The second-order valence-corrected chi connectivity index (χ2v) is 7.38. The van der Waals surface area contributed by atoms with E-state index < -0.39 is 0 Å². The smallest absolute Gasteiger partial charge is 0.220 e. The van der Waals surface area contributed by atoms with E-state index in [0.29, 0.717) is 24.8 Å². The Morgan fingerprint density at radius 3 is 2.00 bits per heavy atom. The minimum absolute atomic E-state index is 0.117. The van der Waals surface area contributed by atoms with Crippen LogP contribution < -0.4 is 11.1 Å². The molecule has 0 fully saturated rings. The van der Waals surface area contributed by atoms with Crippen molar-refractivity contribution >= 4 is 5.91 Å². The van der Waals surface area contributed by atoms with Crippen LogP contribution >= 0.6 is 0 Å². The molecule has 0 spiro atoms. The standard InChI is InChI=1S/C15H32N2O/c1-11(2)9-15(7,10-16)17-13(18)8-12(3)14(4,5)6/h11-12H,8-10,16H2,1-7H3,(H,17,18). The molecule has 2 unspecified atom stereocenters. The molecule has 0 saturated heterocycles. The molecule has 3 heteroatoms. The minimum Gasteiger partial charge on any atom is -0.350 e. The van der Waals surface area contributed by atoms with Gasteiger partial charge in [-0.25, -0.2) is 0 Å². The number of carbonyl (C=O) groups is 1. The highest BCUT2D eigenvalue weighted by atomic mass is 16.1. The molecule has 0 radical (unpaired) electrons. The molecule has 0 saturated carbocycles. The first-order valence-electron chi connectivity index (χ1n) is 7.01. The summed E-state index contributed by atoms with van der Waals surface area (Å²) in [5.41, 5.74) is 5.69. The highest BCUT2D eigenvalue weighted by molar-refractivity contribution is 5.77. The Morgan fingerprint density at radius 1 is 1.17 bits per heavy atom.